The number of rotatable bonds is 1. The maximum atomic E-state index is 12.9. The summed E-state index contributed by atoms with van der Waals surface area (Å²) in [7, 11) is 0. The van der Waals surface area contributed by atoms with Gasteiger partial charge in [-0.15, -0.1) is 0 Å². The minimum Gasteiger partial charge on any atom is -0.316 e. The van der Waals surface area contributed by atoms with Crippen molar-refractivity contribution in [1.82, 2.24) is 4.90 Å². The molecule has 23 heavy (non-hydrogen) atoms. The van der Waals surface area contributed by atoms with Gasteiger partial charge in [-0.2, -0.15) is 0 Å². The van der Waals surface area contributed by atoms with E-state index in [0.717, 1.165) is 12.0 Å². The molecular formula is C18H15ClN2O2. The van der Waals surface area contributed by atoms with E-state index in [1.165, 1.54) is 10.5 Å². The van der Waals surface area contributed by atoms with E-state index in [-0.39, 0.29) is 18.0 Å². The molecule has 1 unspecified atom stereocenters. The Morgan fingerprint density at radius 3 is 2.52 bits per heavy atom. The van der Waals surface area contributed by atoms with Crippen LogP contribution in [-0.2, 0) is 11.2 Å². The molecule has 2 aliphatic rings. The molecule has 5 heteroatoms. The number of hydrogen-bond donors (Lipinski definition) is 0. The number of imide groups is 1. The van der Waals surface area contributed by atoms with Crippen molar-refractivity contribution < 1.29 is 9.59 Å². The van der Waals surface area contributed by atoms with Crippen LogP contribution in [0, 0.1) is 0 Å². The van der Waals surface area contributed by atoms with Crippen LogP contribution in [0.25, 0.3) is 0 Å². The summed E-state index contributed by atoms with van der Waals surface area (Å²) in [5.74, 6) is -0.171. The average Bonchev–Trinajstić information content (AvgIpc) is 2.56. The molecule has 4 rings (SSSR count). The van der Waals surface area contributed by atoms with E-state index in [0.29, 0.717) is 23.7 Å². The fraction of sp³-hybridized carbons (Fsp3) is 0.222. The molecule has 2 aromatic carbocycles. The van der Waals surface area contributed by atoms with E-state index >= 15 is 0 Å². The Morgan fingerprint density at radius 1 is 1.00 bits per heavy atom. The Bertz CT molecular complexity index is 788. The number of hydrogen-bond acceptors (Lipinski definition) is 2. The summed E-state index contributed by atoms with van der Waals surface area (Å²) in [6, 6.07) is 14.4. The zero-order chi connectivity index (χ0) is 16.0. The van der Waals surface area contributed by atoms with E-state index in [2.05, 4.69) is 6.07 Å². The molecule has 0 saturated carbocycles. The normalized spacial score (nSPS) is 20.3. The third-order valence-electron chi connectivity index (χ3n) is 4.55. The lowest BCUT2D eigenvalue weighted by Crippen LogP contribution is -2.55. The molecule has 0 radical (unpaired) electrons. The number of carbonyl (C=O) groups excluding carboxylic acids is 2. The van der Waals surface area contributed by atoms with Crippen LogP contribution in [-0.4, -0.2) is 23.4 Å². The van der Waals surface area contributed by atoms with E-state index < -0.39 is 0 Å². The van der Waals surface area contributed by atoms with Gasteiger partial charge in [-0.1, -0.05) is 35.9 Å². The second kappa shape index (κ2) is 5.39. The van der Waals surface area contributed by atoms with Gasteiger partial charge in [0.05, 0.1) is 18.2 Å². The number of urea groups is 1. The molecular weight excluding hydrogens is 312 g/mol. The van der Waals surface area contributed by atoms with Gasteiger partial charge in [0.2, 0.25) is 5.91 Å². The van der Waals surface area contributed by atoms with Crippen LogP contribution in [0.2, 0.25) is 5.02 Å². The molecule has 116 valence electrons. The standard InChI is InChI=1S/C18H15ClN2O2/c19-13-5-7-14(8-6-13)21-17(22)11-16-15-4-2-1-3-12(15)9-10-20(16)18(21)23/h1-8,16H,9-11H2. The number of carbonyl (C=O) groups is 2. The highest BCUT2D eigenvalue weighted by atomic mass is 35.5. The first kappa shape index (κ1) is 14.3. The number of anilines is 1. The highest BCUT2D eigenvalue weighted by Crippen LogP contribution is 2.37. The minimum absolute atomic E-state index is 0.150. The predicted molar refractivity (Wildman–Crippen MR) is 88.5 cm³/mol. The summed E-state index contributed by atoms with van der Waals surface area (Å²) in [6.07, 6.45) is 1.13. The monoisotopic (exact) mass is 326 g/mol. The molecule has 0 N–H and O–H groups in total. The Hall–Kier alpha value is -2.33. The van der Waals surface area contributed by atoms with Gasteiger partial charge in [0.1, 0.15) is 0 Å². The molecule has 0 aliphatic carbocycles. The van der Waals surface area contributed by atoms with Crippen LogP contribution in [0.15, 0.2) is 48.5 Å². The largest absolute Gasteiger partial charge is 0.331 e. The number of benzene rings is 2. The van der Waals surface area contributed by atoms with Crippen LogP contribution in [0.3, 0.4) is 0 Å². The molecule has 0 spiro atoms. The lowest BCUT2D eigenvalue weighted by Gasteiger charge is -2.43. The third-order valence-corrected chi connectivity index (χ3v) is 4.80. The lowest BCUT2D eigenvalue weighted by atomic mass is 9.89. The van der Waals surface area contributed by atoms with Crippen LogP contribution < -0.4 is 4.90 Å². The van der Waals surface area contributed by atoms with Gasteiger partial charge in [-0.05, 0) is 41.8 Å². The van der Waals surface area contributed by atoms with Crippen LogP contribution in [0.4, 0.5) is 10.5 Å². The second-order valence-corrected chi connectivity index (χ2v) is 6.29. The van der Waals surface area contributed by atoms with Crippen molar-refractivity contribution in [3.63, 3.8) is 0 Å². The molecule has 2 aliphatic heterocycles. The summed E-state index contributed by atoms with van der Waals surface area (Å²) in [5.41, 5.74) is 2.90. The average molecular weight is 327 g/mol. The number of nitrogens with zero attached hydrogens (tertiary/aromatic N) is 2. The van der Waals surface area contributed by atoms with Crippen LogP contribution in [0.5, 0.6) is 0 Å². The maximum Gasteiger partial charge on any atom is 0.331 e. The van der Waals surface area contributed by atoms with Crippen molar-refractivity contribution in [2.24, 2.45) is 0 Å². The molecule has 2 aromatic rings. The summed E-state index contributed by atoms with van der Waals surface area (Å²) in [6.45, 7) is 0.637. The highest BCUT2D eigenvalue weighted by molar-refractivity contribution is 6.30. The number of fused-ring (bicyclic) bond motifs is 3. The van der Waals surface area contributed by atoms with Crippen LogP contribution in [0.1, 0.15) is 23.6 Å². The van der Waals surface area contributed by atoms with Crippen molar-refractivity contribution in [3.8, 4) is 0 Å². The Morgan fingerprint density at radius 2 is 1.74 bits per heavy atom. The first-order chi connectivity index (χ1) is 11.1. The van der Waals surface area contributed by atoms with E-state index in [1.54, 1.807) is 29.2 Å². The Labute approximate surface area is 139 Å². The molecule has 1 saturated heterocycles. The van der Waals surface area contributed by atoms with Gasteiger partial charge >= 0.3 is 6.03 Å². The first-order valence-electron chi connectivity index (χ1n) is 7.62. The summed E-state index contributed by atoms with van der Waals surface area (Å²) >= 11 is 5.89. The molecule has 3 amide bonds. The smallest absolute Gasteiger partial charge is 0.316 e. The van der Waals surface area contributed by atoms with Crippen molar-refractivity contribution in [2.75, 3.05) is 11.4 Å². The second-order valence-electron chi connectivity index (χ2n) is 5.85. The predicted octanol–water partition coefficient (Wildman–Crippen LogP) is 3.80. The zero-order valence-corrected chi connectivity index (χ0v) is 13.2. The fourth-order valence-corrected chi connectivity index (χ4v) is 3.56. The van der Waals surface area contributed by atoms with E-state index in [9.17, 15) is 9.59 Å². The Kier molecular flexibility index (Phi) is 3.34. The summed E-state index contributed by atoms with van der Waals surface area (Å²) < 4.78 is 0. The van der Waals surface area contributed by atoms with Gasteiger partial charge in [-0.25, -0.2) is 9.69 Å². The molecule has 0 aromatic heterocycles. The van der Waals surface area contributed by atoms with Gasteiger partial charge in [0.25, 0.3) is 0 Å². The summed E-state index contributed by atoms with van der Waals surface area (Å²) in [5, 5.41) is 0.579. The third kappa shape index (κ3) is 2.30. The van der Waals surface area contributed by atoms with Crippen molar-refractivity contribution in [1.29, 1.82) is 0 Å². The first-order valence-corrected chi connectivity index (χ1v) is 8.00. The van der Waals surface area contributed by atoms with Gasteiger partial charge in [-0.3, -0.25) is 4.79 Å². The SMILES string of the molecule is O=C1CC2c3ccccc3CCN2C(=O)N1c1ccc(Cl)cc1. The maximum absolute atomic E-state index is 12.9. The highest BCUT2D eigenvalue weighted by Gasteiger charge is 2.42. The zero-order valence-electron chi connectivity index (χ0n) is 12.4. The molecule has 1 atom stereocenters. The van der Waals surface area contributed by atoms with E-state index in [1.807, 2.05) is 18.2 Å². The molecule has 1 fully saturated rings. The van der Waals surface area contributed by atoms with Crippen molar-refractivity contribution in [3.05, 3.63) is 64.7 Å². The van der Waals surface area contributed by atoms with Gasteiger partial charge in [0.15, 0.2) is 0 Å². The quantitative estimate of drug-likeness (QED) is 0.800. The topological polar surface area (TPSA) is 40.6 Å². The fourth-order valence-electron chi connectivity index (χ4n) is 3.44. The molecule has 2 heterocycles. The summed E-state index contributed by atoms with van der Waals surface area (Å²) in [4.78, 5) is 28.5. The number of amides is 3. The van der Waals surface area contributed by atoms with Crippen molar-refractivity contribution in [2.45, 2.75) is 18.9 Å². The lowest BCUT2D eigenvalue weighted by molar-refractivity contribution is -0.120. The van der Waals surface area contributed by atoms with Crippen molar-refractivity contribution >= 4 is 29.2 Å². The minimum atomic E-state index is -0.247. The molecule has 4 nitrogen and oxygen atoms in total. The Balaban J connectivity index is 1.70. The van der Waals surface area contributed by atoms with E-state index in [4.69, 9.17) is 11.6 Å². The van der Waals surface area contributed by atoms with Crippen LogP contribution >= 0.6 is 11.6 Å². The number of halogens is 1. The van der Waals surface area contributed by atoms with Gasteiger partial charge < -0.3 is 4.90 Å². The van der Waals surface area contributed by atoms with Gasteiger partial charge in [0, 0.05) is 11.6 Å². The molecule has 0 bridgehead atoms.